The summed E-state index contributed by atoms with van der Waals surface area (Å²) < 4.78 is 7.15. The molecule has 0 unspecified atom stereocenters. The van der Waals surface area contributed by atoms with E-state index in [0.29, 0.717) is 0 Å². The molecule has 1 aliphatic carbocycles. The van der Waals surface area contributed by atoms with E-state index in [1.54, 1.807) is 22.9 Å². The summed E-state index contributed by atoms with van der Waals surface area (Å²) in [4.78, 5) is 32.7. The molecule has 2 aromatic heterocycles. The van der Waals surface area contributed by atoms with Gasteiger partial charge in [0.05, 0.1) is 6.10 Å². The first-order valence-corrected chi connectivity index (χ1v) is 7.77. The Hall–Kier alpha value is -2.90. The fraction of sp³-hybridized carbons (Fsp3) is 0.375. The fourth-order valence-electron chi connectivity index (χ4n) is 2.28. The van der Waals surface area contributed by atoms with E-state index in [2.05, 4.69) is 15.3 Å². The van der Waals surface area contributed by atoms with Gasteiger partial charge in [-0.05, 0) is 38.8 Å². The molecule has 0 spiro atoms. The molecule has 8 nitrogen and oxygen atoms in total. The second-order valence-corrected chi connectivity index (χ2v) is 5.93. The summed E-state index contributed by atoms with van der Waals surface area (Å²) in [5.74, 6) is -0.414. The van der Waals surface area contributed by atoms with Gasteiger partial charge in [0.2, 0.25) is 11.8 Å². The highest BCUT2D eigenvalue weighted by molar-refractivity contribution is 6.05. The lowest BCUT2D eigenvalue weighted by atomic mass is 10.3. The summed E-state index contributed by atoms with van der Waals surface area (Å²) in [5, 5.41) is 2.61. The molecule has 126 valence electrons. The Bertz CT molecular complexity index is 827. The number of carbonyl (C=O) groups excluding carboxylic acids is 1. The number of nitrogens with zero attached hydrogens (tertiary/aromatic N) is 3. The van der Waals surface area contributed by atoms with Crippen molar-refractivity contribution in [3.63, 3.8) is 0 Å². The van der Waals surface area contributed by atoms with Gasteiger partial charge in [0, 0.05) is 18.4 Å². The molecule has 3 rings (SSSR count). The number of aromatic nitrogens is 3. The molecule has 1 amide bonds. The van der Waals surface area contributed by atoms with Gasteiger partial charge in [-0.1, -0.05) is 0 Å². The summed E-state index contributed by atoms with van der Waals surface area (Å²) >= 11 is 0. The average molecular weight is 329 g/mol. The van der Waals surface area contributed by atoms with E-state index >= 15 is 0 Å². The standard InChI is InChI=1S/C16H19N5O3/c1-9(2)24-14-11(8-18-16(17)20-14)13(22)19-12-4-3-7-21(15(12)23)10-5-6-10/h3-4,7-10H,5-6H2,1-2H3,(H,19,22)(H2,17,18,20). The predicted octanol–water partition coefficient (Wildman–Crippen LogP) is 1.59. The number of hydrogen-bond donors (Lipinski definition) is 2. The van der Waals surface area contributed by atoms with Crippen molar-refractivity contribution in [1.82, 2.24) is 14.5 Å². The number of pyridine rings is 1. The number of rotatable bonds is 5. The summed E-state index contributed by atoms with van der Waals surface area (Å²) in [6.45, 7) is 3.62. The zero-order chi connectivity index (χ0) is 17.3. The second-order valence-electron chi connectivity index (χ2n) is 5.93. The van der Waals surface area contributed by atoms with Crippen LogP contribution in [0.15, 0.2) is 29.3 Å². The highest BCUT2D eigenvalue weighted by Gasteiger charge is 2.25. The summed E-state index contributed by atoms with van der Waals surface area (Å²) in [6, 6.07) is 3.54. The van der Waals surface area contributed by atoms with Gasteiger partial charge in [0.15, 0.2) is 0 Å². The van der Waals surface area contributed by atoms with Gasteiger partial charge in [0.25, 0.3) is 11.5 Å². The monoisotopic (exact) mass is 329 g/mol. The average Bonchev–Trinajstić information content (AvgIpc) is 3.33. The number of nitrogens with one attached hydrogen (secondary N) is 1. The normalized spacial score (nSPS) is 13.8. The maximum Gasteiger partial charge on any atom is 0.274 e. The molecular weight excluding hydrogens is 310 g/mol. The van der Waals surface area contributed by atoms with E-state index < -0.39 is 5.91 Å². The number of nitrogen functional groups attached to an aromatic ring is 1. The lowest BCUT2D eigenvalue weighted by Gasteiger charge is -2.13. The van der Waals surface area contributed by atoms with Crippen LogP contribution in [0.1, 0.15) is 43.1 Å². The van der Waals surface area contributed by atoms with Crippen LogP contribution in [0.3, 0.4) is 0 Å². The van der Waals surface area contributed by atoms with Crippen LogP contribution in [0.4, 0.5) is 11.6 Å². The van der Waals surface area contributed by atoms with Crippen LogP contribution in [-0.2, 0) is 0 Å². The Morgan fingerprint density at radius 2 is 2.21 bits per heavy atom. The second kappa shape index (κ2) is 6.31. The van der Waals surface area contributed by atoms with Crippen molar-refractivity contribution >= 4 is 17.5 Å². The molecule has 0 radical (unpaired) electrons. The summed E-state index contributed by atoms with van der Waals surface area (Å²) in [5.41, 5.74) is 5.66. The van der Waals surface area contributed by atoms with E-state index in [1.807, 2.05) is 13.8 Å². The van der Waals surface area contributed by atoms with Crippen molar-refractivity contribution in [2.75, 3.05) is 11.1 Å². The SMILES string of the molecule is CC(C)Oc1nc(N)ncc1C(=O)Nc1cccn(C2CC2)c1=O. The molecule has 2 aromatic rings. The molecule has 0 bridgehead atoms. The van der Waals surface area contributed by atoms with Gasteiger partial charge in [-0.3, -0.25) is 9.59 Å². The molecule has 1 fully saturated rings. The van der Waals surface area contributed by atoms with Crippen molar-refractivity contribution in [3.8, 4) is 5.88 Å². The minimum absolute atomic E-state index is 0.0120. The van der Waals surface area contributed by atoms with Crippen LogP contribution >= 0.6 is 0 Å². The van der Waals surface area contributed by atoms with E-state index in [0.717, 1.165) is 12.8 Å². The fourth-order valence-corrected chi connectivity index (χ4v) is 2.28. The molecular formula is C16H19N5O3. The zero-order valence-electron chi connectivity index (χ0n) is 13.5. The van der Waals surface area contributed by atoms with Gasteiger partial charge in [-0.15, -0.1) is 0 Å². The number of nitrogens with two attached hydrogens (primary N) is 1. The highest BCUT2D eigenvalue weighted by atomic mass is 16.5. The Kier molecular flexibility index (Phi) is 4.20. The molecule has 0 atom stereocenters. The lowest BCUT2D eigenvalue weighted by molar-refractivity contribution is 0.101. The van der Waals surface area contributed by atoms with Crippen LogP contribution in [0.5, 0.6) is 5.88 Å². The van der Waals surface area contributed by atoms with E-state index in [9.17, 15) is 9.59 Å². The lowest BCUT2D eigenvalue weighted by Crippen LogP contribution is -2.25. The molecule has 8 heteroatoms. The summed E-state index contributed by atoms with van der Waals surface area (Å²) in [7, 11) is 0. The topological polar surface area (TPSA) is 112 Å². The van der Waals surface area contributed by atoms with Crippen molar-refractivity contribution < 1.29 is 9.53 Å². The number of carbonyl (C=O) groups is 1. The van der Waals surface area contributed by atoms with E-state index in [1.165, 1.54) is 6.20 Å². The third-order valence-electron chi connectivity index (χ3n) is 3.53. The highest BCUT2D eigenvalue weighted by Crippen LogP contribution is 2.33. The Morgan fingerprint density at radius 3 is 2.88 bits per heavy atom. The van der Waals surface area contributed by atoms with Crippen molar-refractivity contribution in [1.29, 1.82) is 0 Å². The molecule has 0 saturated heterocycles. The van der Waals surface area contributed by atoms with Crippen LogP contribution in [0.2, 0.25) is 0 Å². The molecule has 0 aliphatic heterocycles. The van der Waals surface area contributed by atoms with Gasteiger partial charge >= 0.3 is 0 Å². The van der Waals surface area contributed by atoms with Gasteiger partial charge in [0.1, 0.15) is 11.3 Å². The maximum absolute atomic E-state index is 12.5. The smallest absolute Gasteiger partial charge is 0.274 e. The molecule has 3 N–H and O–H groups in total. The Labute approximate surface area is 138 Å². The zero-order valence-corrected chi connectivity index (χ0v) is 13.5. The molecule has 0 aromatic carbocycles. The first kappa shape index (κ1) is 16.0. The van der Waals surface area contributed by atoms with Crippen molar-refractivity contribution in [3.05, 3.63) is 40.4 Å². The van der Waals surface area contributed by atoms with Crippen LogP contribution in [0.25, 0.3) is 0 Å². The quantitative estimate of drug-likeness (QED) is 0.861. The first-order chi connectivity index (χ1) is 11.5. The molecule has 1 saturated carbocycles. The van der Waals surface area contributed by atoms with E-state index in [-0.39, 0.29) is 40.8 Å². The first-order valence-electron chi connectivity index (χ1n) is 7.77. The Balaban J connectivity index is 1.88. The minimum atomic E-state index is -0.517. The van der Waals surface area contributed by atoms with Gasteiger partial charge in [-0.2, -0.15) is 4.98 Å². The Morgan fingerprint density at radius 1 is 1.46 bits per heavy atom. The number of amides is 1. The van der Waals surface area contributed by atoms with Crippen molar-refractivity contribution in [2.24, 2.45) is 0 Å². The summed E-state index contributed by atoms with van der Waals surface area (Å²) in [6.07, 6.45) is 4.80. The third-order valence-corrected chi connectivity index (χ3v) is 3.53. The number of hydrogen-bond acceptors (Lipinski definition) is 6. The largest absolute Gasteiger partial charge is 0.474 e. The van der Waals surface area contributed by atoms with Crippen LogP contribution in [0, 0.1) is 0 Å². The number of anilines is 2. The van der Waals surface area contributed by atoms with E-state index in [4.69, 9.17) is 10.5 Å². The molecule has 2 heterocycles. The third kappa shape index (κ3) is 3.37. The molecule has 24 heavy (non-hydrogen) atoms. The predicted molar refractivity (Wildman–Crippen MR) is 89.1 cm³/mol. The minimum Gasteiger partial charge on any atom is -0.474 e. The maximum atomic E-state index is 12.5. The van der Waals surface area contributed by atoms with Crippen LogP contribution < -0.4 is 21.3 Å². The van der Waals surface area contributed by atoms with Gasteiger partial charge < -0.3 is 20.4 Å². The van der Waals surface area contributed by atoms with Crippen molar-refractivity contribution in [2.45, 2.75) is 38.8 Å². The number of ether oxygens (including phenoxy) is 1. The van der Waals surface area contributed by atoms with Gasteiger partial charge in [-0.25, -0.2) is 4.98 Å². The molecule has 1 aliphatic rings. The van der Waals surface area contributed by atoms with Crippen LogP contribution in [-0.4, -0.2) is 26.5 Å².